The molecule has 0 aliphatic heterocycles. The monoisotopic (exact) mass is 248 g/mol. The third-order valence-corrected chi connectivity index (χ3v) is 3.44. The van der Waals surface area contributed by atoms with Crippen molar-refractivity contribution >= 4 is 0 Å². The van der Waals surface area contributed by atoms with E-state index in [2.05, 4.69) is 38.1 Å². The summed E-state index contributed by atoms with van der Waals surface area (Å²) in [7, 11) is 0. The summed E-state index contributed by atoms with van der Waals surface area (Å²) in [5, 5.41) is 10.00. The van der Waals surface area contributed by atoms with Crippen LogP contribution in [-0.2, 0) is 6.42 Å². The molecule has 102 valence electrons. The van der Waals surface area contributed by atoms with Crippen molar-refractivity contribution in [2.45, 2.75) is 71.3 Å². The van der Waals surface area contributed by atoms with Crippen LogP contribution >= 0.6 is 0 Å². The van der Waals surface area contributed by atoms with Gasteiger partial charge in [-0.2, -0.15) is 0 Å². The lowest BCUT2D eigenvalue weighted by molar-refractivity contribution is 0.161. The molecule has 18 heavy (non-hydrogen) atoms. The number of aliphatic hydroxyl groups excluding tert-OH is 1. The Balaban J connectivity index is 2.12. The first-order chi connectivity index (χ1) is 8.72. The van der Waals surface area contributed by atoms with Crippen molar-refractivity contribution in [3.8, 4) is 0 Å². The van der Waals surface area contributed by atoms with Gasteiger partial charge in [0.15, 0.2) is 0 Å². The molecule has 0 bridgehead atoms. The molecule has 1 atom stereocenters. The largest absolute Gasteiger partial charge is 0.393 e. The Kier molecular flexibility index (Phi) is 7.75. The second kappa shape index (κ2) is 9.16. The summed E-state index contributed by atoms with van der Waals surface area (Å²) in [6.45, 7) is 4.34. The molecule has 0 aromatic heterocycles. The molecular weight excluding hydrogens is 220 g/mol. The van der Waals surface area contributed by atoms with Gasteiger partial charge in [-0.05, 0) is 25.3 Å². The van der Waals surface area contributed by atoms with Gasteiger partial charge in [-0.3, -0.25) is 0 Å². The highest BCUT2D eigenvalue weighted by Gasteiger charge is 2.05. The summed E-state index contributed by atoms with van der Waals surface area (Å²) >= 11 is 0. The fourth-order valence-electron chi connectivity index (χ4n) is 2.37. The van der Waals surface area contributed by atoms with E-state index in [-0.39, 0.29) is 6.10 Å². The predicted molar refractivity (Wildman–Crippen MR) is 78.9 cm³/mol. The van der Waals surface area contributed by atoms with Crippen LogP contribution in [0, 0.1) is 6.92 Å². The molecule has 0 saturated carbocycles. The molecule has 1 N–H and O–H groups in total. The van der Waals surface area contributed by atoms with Gasteiger partial charge >= 0.3 is 0 Å². The lowest BCUT2D eigenvalue weighted by Gasteiger charge is -2.11. The van der Waals surface area contributed by atoms with E-state index in [1.807, 2.05) is 0 Å². The highest BCUT2D eigenvalue weighted by Crippen LogP contribution is 2.12. The topological polar surface area (TPSA) is 20.2 Å². The average molecular weight is 248 g/mol. The smallest absolute Gasteiger partial charge is 0.0580 e. The van der Waals surface area contributed by atoms with Crippen LogP contribution in [0.15, 0.2) is 24.3 Å². The summed E-state index contributed by atoms with van der Waals surface area (Å²) in [5.74, 6) is 0. The molecule has 0 amide bonds. The first-order valence-electron chi connectivity index (χ1n) is 7.46. The summed E-state index contributed by atoms with van der Waals surface area (Å²) in [4.78, 5) is 0. The minimum absolute atomic E-state index is 0.169. The Bertz CT molecular complexity index is 319. The molecule has 1 heteroatoms. The minimum Gasteiger partial charge on any atom is -0.393 e. The van der Waals surface area contributed by atoms with Crippen LogP contribution in [0.1, 0.15) is 63.0 Å². The fourth-order valence-corrected chi connectivity index (χ4v) is 2.37. The van der Waals surface area contributed by atoms with Gasteiger partial charge < -0.3 is 5.11 Å². The third kappa shape index (κ3) is 6.80. The number of benzene rings is 1. The third-order valence-electron chi connectivity index (χ3n) is 3.44. The Labute approximate surface area is 112 Å². The summed E-state index contributed by atoms with van der Waals surface area (Å²) in [6.07, 6.45) is 9.34. The molecule has 1 nitrogen and oxygen atoms in total. The van der Waals surface area contributed by atoms with E-state index in [0.29, 0.717) is 0 Å². The molecule has 1 rings (SSSR count). The van der Waals surface area contributed by atoms with E-state index in [1.54, 1.807) is 0 Å². The zero-order chi connectivity index (χ0) is 13.2. The lowest BCUT2D eigenvalue weighted by atomic mass is 10.0. The first-order valence-corrected chi connectivity index (χ1v) is 7.46. The molecule has 0 aliphatic carbocycles. The van der Waals surface area contributed by atoms with Crippen molar-refractivity contribution in [2.75, 3.05) is 0 Å². The van der Waals surface area contributed by atoms with Crippen LogP contribution in [0.5, 0.6) is 0 Å². The van der Waals surface area contributed by atoms with Crippen molar-refractivity contribution in [3.05, 3.63) is 35.4 Å². The van der Waals surface area contributed by atoms with Crippen molar-refractivity contribution < 1.29 is 5.11 Å². The van der Waals surface area contributed by atoms with E-state index in [1.165, 1.54) is 43.2 Å². The lowest BCUT2D eigenvalue weighted by Crippen LogP contribution is -2.10. The van der Waals surface area contributed by atoms with Crippen molar-refractivity contribution in [2.24, 2.45) is 0 Å². The van der Waals surface area contributed by atoms with Crippen molar-refractivity contribution in [3.63, 3.8) is 0 Å². The number of hydrogen-bond acceptors (Lipinski definition) is 1. The number of rotatable bonds is 9. The molecule has 0 fully saturated rings. The number of aryl methyl sites for hydroxylation is 1. The van der Waals surface area contributed by atoms with E-state index >= 15 is 0 Å². The van der Waals surface area contributed by atoms with Crippen molar-refractivity contribution in [1.29, 1.82) is 0 Å². The van der Waals surface area contributed by atoms with Gasteiger partial charge in [0.1, 0.15) is 0 Å². The van der Waals surface area contributed by atoms with Gasteiger partial charge in [0.05, 0.1) is 6.10 Å². The number of hydrogen-bond donors (Lipinski definition) is 1. The number of unbranched alkanes of at least 4 members (excludes halogenated alkanes) is 5. The van der Waals surface area contributed by atoms with Gasteiger partial charge in [-0.1, -0.05) is 75.3 Å². The highest BCUT2D eigenvalue weighted by atomic mass is 16.3. The first kappa shape index (κ1) is 15.2. The molecule has 0 spiro atoms. The quantitative estimate of drug-likeness (QED) is 0.631. The zero-order valence-electron chi connectivity index (χ0n) is 12.0. The average Bonchev–Trinajstić information content (AvgIpc) is 2.33. The summed E-state index contributed by atoms with van der Waals surface area (Å²) < 4.78 is 0. The molecule has 1 aromatic rings. The van der Waals surface area contributed by atoms with Crippen LogP contribution in [0.4, 0.5) is 0 Å². The van der Waals surface area contributed by atoms with Crippen molar-refractivity contribution in [1.82, 2.24) is 0 Å². The van der Waals surface area contributed by atoms with E-state index < -0.39 is 0 Å². The molecule has 0 aliphatic rings. The van der Waals surface area contributed by atoms with Crippen LogP contribution in [-0.4, -0.2) is 11.2 Å². The van der Waals surface area contributed by atoms with Crippen LogP contribution in [0.3, 0.4) is 0 Å². The van der Waals surface area contributed by atoms with Crippen LogP contribution in [0.25, 0.3) is 0 Å². The van der Waals surface area contributed by atoms with Gasteiger partial charge in [-0.15, -0.1) is 0 Å². The second-order valence-electron chi connectivity index (χ2n) is 5.40. The predicted octanol–water partition coefficient (Wildman–Crippen LogP) is 4.65. The number of aliphatic hydroxyl groups is 1. The maximum absolute atomic E-state index is 10.00. The zero-order valence-corrected chi connectivity index (χ0v) is 12.0. The van der Waals surface area contributed by atoms with E-state index in [0.717, 1.165) is 19.3 Å². The summed E-state index contributed by atoms with van der Waals surface area (Å²) in [5.41, 5.74) is 2.53. The molecule has 1 aromatic carbocycles. The van der Waals surface area contributed by atoms with Crippen LogP contribution in [0.2, 0.25) is 0 Å². The Hall–Kier alpha value is -0.820. The molecule has 0 radical (unpaired) electrons. The maximum Gasteiger partial charge on any atom is 0.0580 e. The normalized spacial score (nSPS) is 12.6. The molecule has 0 saturated heterocycles. The SMILES string of the molecule is CCCCCCCCC(O)Cc1cccc(C)c1. The summed E-state index contributed by atoms with van der Waals surface area (Å²) in [6, 6.07) is 8.45. The van der Waals surface area contributed by atoms with Gasteiger partial charge in [0, 0.05) is 0 Å². The van der Waals surface area contributed by atoms with Crippen LogP contribution < -0.4 is 0 Å². The fraction of sp³-hybridized carbons (Fsp3) is 0.647. The van der Waals surface area contributed by atoms with Gasteiger partial charge in [0.25, 0.3) is 0 Å². The molecular formula is C17H28O. The Morgan fingerprint density at radius 3 is 2.50 bits per heavy atom. The molecule has 1 unspecified atom stereocenters. The minimum atomic E-state index is -0.169. The van der Waals surface area contributed by atoms with Gasteiger partial charge in [-0.25, -0.2) is 0 Å². The standard InChI is InChI=1S/C17H28O/c1-3-4-5-6-7-8-12-17(18)14-16-11-9-10-15(2)13-16/h9-11,13,17-18H,3-8,12,14H2,1-2H3. The van der Waals surface area contributed by atoms with Gasteiger partial charge in [0.2, 0.25) is 0 Å². The van der Waals surface area contributed by atoms with E-state index in [9.17, 15) is 5.11 Å². The Morgan fingerprint density at radius 1 is 1.06 bits per heavy atom. The maximum atomic E-state index is 10.00. The second-order valence-corrected chi connectivity index (χ2v) is 5.40. The van der Waals surface area contributed by atoms with E-state index in [4.69, 9.17) is 0 Å². The Morgan fingerprint density at radius 2 is 1.78 bits per heavy atom. The highest BCUT2D eigenvalue weighted by molar-refractivity contribution is 5.22. The molecule has 0 heterocycles.